The van der Waals surface area contributed by atoms with Gasteiger partial charge in [-0.1, -0.05) is 13.0 Å². The van der Waals surface area contributed by atoms with Crippen molar-refractivity contribution in [3.05, 3.63) is 46.3 Å². The molecule has 0 aliphatic carbocycles. The molecule has 0 aliphatic heterocycles. The Kier molecular flexibility index (Phi) is 5.46. The maximum absolute atomic E-state index is 12.4. The molecule has 0 saturated heterocycles. The molecule has 0 fully saturated rings. The van der Waals surface area contributed by atoms with Crippen molar-refractivity contribution in [1.82, 2.24) is 14.6 Å². The molecular formula is C14H19N3O2S2. The second-order valence-electron chi connectivity index (χ2n) is 4.68. The lowest BCUT2D eigenvalue weighted by atomic mass is 10.3. The third-order valence-electron chi connectivity index (χ3n) is 3.04. The number of sulfonamides is 1. The number of hydrogen-bond acceptors (Lipinski definition) is 5. The van der Waals surface area contributed by atoms with Crippen molar-refractivity contribution in [3.8, 4) is 0 Å². The average molecular weight is 325 g/mol. The third kappa shape index (κ3) is 4.10. The minimum absolute atomic E-state index is 0.0838. The Morgan fingerprint density at radius 2 is 2.10 bits per heavy atom. The van der Waals surface area contributed by atoms with E-state index >= 15 is 0 Å². The van der Waals surface area contributed by atoms with Crippen LogP contribution < -0.4 is 5.32 Å². The average Bonchev–Trinajstić information content (AvgIpc) is 2.98. The normalized spacial score (nSPS) is 12.0. The van der Waals surface area contributed by atoms with E-state index in [-0.39, 0.29) is 5.03 Å². The van der Waals surface area contributed by atoms with Crippen LogP contribution in [0.2, 0.25) is 0 Å². The highest BCUT2D eigenvalue weighted by atomic mass is 32.2. The van der Waals surface area contributed by atoms with Crippen LogP contribution in [0.15, 0.2) is 40.2 Å². The molecule has 0 radical (unpaired) electrons. The van der Waals surface area contributed by atoms with E-state index in [2.05, 4.69) is 10.3 Å². The van der Waals surface area contributed by atoms with Gasteiger partial charge in [0.15, 0.2) is 5.03 Å². The Hall–Kier alpha value is -1.28. The van der Waals surface area contributed by atoms with E-state index in [9.17, 15) is 8.42 Å². The molecule has 2 aromatic rings. The minimum atomic E-state index is -3.55. The molecule has 0 unspecified atom stereocenters. The maximum Gasteiger partial charge on any atom is 0.260 e. The largest absolute Gasteiger partial charge is 0.313 e. The first-order valence-electron chi connectivity index (χ1n) is 6.67. The zero-order valence-electron chi connectivity index (χ0n) is 12.1. The van der Waals surface area contributed by atoms with Gasteiger partial charge in [0.25, 0.3) is 10.0 Å². The first-order chi connectivity index (χ1) is 10.0. The van der Waals surface area contributed by atoms with Crippen molar-refractivity contribution >= 4 is 21.4 Å². The minimum Gasteiger partial charge on any atom is -0.313 e. The van der Waals surface area contributed by atoms with E-state index in [0.717, 1.165) is 17.7 Å². The van der Waals surface area contributed by atoms with E-state index in [1.54, 1.807) is 36.7 Å². The summed E-state index contributed by atoms with van der Waals surface area (Å²) in [6, 6.07) is 5.27. The summed E-state index contributed by atoms with van der Waals surface area (Å²) in [7, 11) is -1.98. The standard InChI is InChI=1S/C14H19N3O2S2/c1-3-15-8-12-4-5-14(16-9-12)21(18,19)17(2)10-13-6-7-20-11-13/h4-7,9,11,15H,3,8,10H2,1-2H3. The van der Waals surface area contributed by atoms with Crippen LogP contribution in [-0.4, -0.2) is 31.3 Å². The van der Waals surface area contributed by atoms with Crippen LogP contribution >= 0.6 is 11.3 Å². The van der Waals surface area contributed by atoms with Crippen LogP contribution in [0.4, 0.5) is 0 Å². The predicted molar refractivity (Wildman–Crippen MR) is 84.6 cm³/mol. The van der Waals surface area contributed by atoms with Crippen molar-refractivity contribution in [2.45, 2.75) is 25.0 Å². The van der Waals surface area contributed by atoms with Crippen molar-refractivity contribution in [2.24, 2.45) is 0 Å². The second kappa shape index (κ2) is 7.13. The summed E-state index contributed by atoms with van der Waals surface area (Å²) in [5, 5.41) is 7.14. The summed E-state index contributed by atoms with van der Waals surface area (Å²) in [4.78, 5) is 4.09. The Bertz CT molecular complexity index is 652. The molecule has 2 aromatic heterocycles. The lowest BCUT2D eigenvalue weighted by Crippen LogP contribution is -2.27. The molecule has 2 rings (SSSR count). The molecule has 0 atom stereocenters. The van der Waals surface area contributed by atoms with Crippen LogP contribution in [0.1, 0.15) is 18.1 Å². The van der Waals surface area contributed by atoms with E-state index in [1.165, 1.54) is 4.31 Å². The molecule has 114 valence electrons. The number of thiophene rings is 1. The van der Waals surface area contributed by atoms with E-state index in [4.69, 9.17) is 0 Å². The zero-order chi connectivity index (χ0) is 15.3. The van der Waals surface area contributed by atoms with Crippen LogP contribution in [0, 0.1) is 0 Å². The van der Waals surface area contributed by atoms with E-state index in [1.807, 2.05) is 23.8 Å². The smallest absolute Gasteiger partial charge is 0.260 e. The molecular weight excluding hydrogens is 306 g/mol. The van der Waals surface area contributed by atoms with Gasteiger partial charge in [0.1, 0.15) is 0 Å². The summed E-state index contributed by atoms with van der Waals surface area (Å²) in [6.07, 6.45) is 1.61. The fraction of sp³-hybridized carbons (Fsp3) is 0.357. The lowest BCUT2D eigenvalue weighted by Gasteiger charge is -2.16. The highest BCUT2D eigenvalue weighted by Gasteiger charge is 2.22. The predicted octanol–water partition coefficient (Wildman–Crippen LogP) is 2.07. The first-order valence-corrected chi connectivity index (χ1v) is 9.05. The number of nitrogens with zero attached hydrogens (tertiary/aromatic N) is 2. The van der Waals surface area contributed by atoms with Gasteiger partial charge in [0.05, 0.1) is 0 Å². The molecule has 0 saturated carbocycles. The summed E-state index contributed by atoms with van der Waals surface area (Å²) < 4.78 is 26.2. The molecule has 0 aliphatic rings. The molecule has 21 heavy (non-hydrogen) atoms. The summed E-state index contributed by atoms with van der Waals surface area (Å²) in [5.74, 6) is 0. The summed E-state index contributed by atoms with van der Waals surface area (Å²) in [6.45, 7) is 3.93. The number of pyridine rings is 1. The van der Waals surface area contributed by atoms with Crippen LogP contribution in [0.25, 0.3) is 0 Å². The van der Waals surface area contributed by atoms with Gasteiger partial charge in [0.2, 0.25) is 0 Å². The maximum atomic E-state index is 12.4. The molecule has 1 N–H and O–H groups in total. The molecule has 0 amide bonds. The van der Waals surface area contributed by atoms with Crippen LogP contribution in [-0.2, 0) is 23.1 Å². The molecule has 5 nitrogen and oxygen atoms in total. The number of rotatable bonds is 7. The fourth-order valence-corrected chi connectivity index (χ4v) is 3.55. The molecule has 0 bridgehead atoms. The van der Waals surface area contributed by atoms with Gasteiger partial charge in [-0.05, 0) is 40.6 Å². The van der Waals surface area contributed by atoms with Crippen molar-refractivity contribution < 1.29 is 8.42 Å². The first kappa shape index (κ1) is 16.1. The van der Waals surface area contributed by atoms with Gasteiger partial charge in [-0.25, -0.2) is 13.4 Å². The lowest BCUT2D eigenvalue weighted by molar-refractivity contribution is 0.464. The Morgan fingerprint density at radius 3 is 2.67 bits per heavy atom. The van der Waals surface area contributed by atoms with Crippen LogP contribution in [0.3, 0.4) is 0 Å². The molecule has 7 heteroatoms. The Labute approximate surface area is 129 Å². The summed E-state index contributed by atoms with van der Waals surface area (Å²) >= 11 is 1.55. The van der Waals surface area contributed by atoms with E-state index < -0.39 is 10.0 Å². The van der Waals surface area contributed by atoms with Gasteiger partial charge in [-0.2, -0.15) is 15.6 Å². The second-order valence-corrected chi connectivity index (χ2v) is 7.45. The van der Waals surface area contributed by atoms with E-state index in [0.29, 0.717) is 13.1 Å². The van der Waals surface area contributed by atoms with Gasteiger partial charge in [-0.3, -0.25) is 0 Å². The highest BCUT2D eigenvalue weighted by molar-refractivity contribution is 7.89. The van der Waals surface area contributed by atoms with Crippen LogP contribution in [0.5, 0.6) is 0 Å². The summed E-state index contributed by atoms with van der Waals surface area (Å²) in [5.41, 5.74) is 1.95. The zero-order valence-corrected chi connectivity index (χ0v) is 13.7. The topological polar surface area (TPSA) is 62.3 Å². The molecule has 0 spiro atoms. The Balaban J connectivity index is 2.11. The quantitative estimate of drug-likeness (QED) is 0.846. The Morgan fingerprint density at radius 1 is 1.29 bits per heavy atom. The van der Waals surface area contributed by atoms with Gasteiger partial charge in [-0.15, -0.1) is 0 Å². The van der Waals surface area contributed by atoms with Crippen molar-refractivity contribution in [2.75, 3.05) is 13.6 Å². The third-order valence-corrected chi connectivity index (χ3v) is 5.49. The molecule has 0 aromatic carbocycles. The monoisotopic (exact) mass is 325 g/mol. The fourth-order valence-electron chi connectivity index (χ4n) is 1.82. The van der Waals surface area contributed by atoms with Gasteiger partial charge >= 0.3 is 0 Å². The van der Waals surface area contributed by atoms with Crippen molar-refractivity contribution in [1.29, 1.82) is 0 Å². The van der Waals surface area contributed by atoms with Crippen molar-refractivity contribution in [3.63, 3.8) is 0 Å². The SMILES string of the molecule is CCNCc1ccc(S(=O)(=O)N(C)Cc2ccsc2)nc1. The number of aromatic nitrogens is 1. The van der Waals surface area contributed by atoms with Gasteiger partial charge < -0.3 is 5.32 Å². The number of nitrogens with one attached hydrogen (secondary N) is 1. The molecule has 2 heterocycles. The van der Waals surface area contributed by atoms with Gasteiger partial charge in [0, 0.05) is 26.3 Å². The highest BCUT2D eigenvalue weighted by Crippen LogP contribution is 2.16. The number of hydrogen-bond donors (Lipinski definition) is 1.